The van der Waals surface area contributed by atoms with Gasteiger partial charge < -0.3 is 66.4 Å². The highest BCUT2D eigenvalue weighted by molar-refractivity contribution is 6.74. The van der Waals surface area contributed by atoms with Crippen LogP contribution in [0.15, 0.2) is 48.6 Å². The second-order valence-electron chi connectivity index (χ2n) is 24.7. The Kier molecular flexibility index (Phi) is 21.5. The van der Waals surface area contributed by atoms with Gasteiger partial charge in [-0.25, -0.2) is 9.59 Å². The van der Waals surface area contributed by atoms with Gasteiger partial charge in [0.25, 0.3) is 0 Å². The number of cyclic esters (lactones) is 2. The zero-order valence-corrected chi connectivity index (χ0v) is 50.9. The zero-order chi connectivity index (χ0) is 56.6. The minimum absolute atomic E-state index is 0.000326. The number of carbonyl (C=O) groups is 2. The van der Waals surface area contributed by atoms with E-state index in [1.165, 1.54) is 19.2 Å². The van der Waals surface area contributed by atoms with Crippen molar-refractivity contribution in [2.24, 2.45) is 0 Å². The molecular weight excluding hydrogens is 1010 g/mol. The minimum Gasteiger partial charge on any atom is -0.508 e. The van der Waals surface area contributed by atoms with Crippen molar-refractivity contribution in [2.75, 3.05) is 27.8 Å². The van der Waals surface area contributed by atoms with E-state index in [9.17, 15) is 19.8 Å². The molecule has 18 heteroatoms. The summed E-state index contributed by atoms with van der Waals surface area (Å²) in [5.41, 5.74) is 1.66. The maximum absolute atomic E-state index is 13.7. The van der Waals surface area contributed by atoms with E-state index in [0.717, 1.165) is 12.0 Å². The molecule has 0 bridgehead atoms. The number of aromatic hydroxyl groups is 2. The fourth-order valence-corrected chi connectivity index (χ4v) is 12.0. The summed E-state index contributed by atoms with van der Waals surface area (Å²) in [6.07, 6.45) is 10.8. The van der Waals surface area contributed by atoms with Gasteiger partial charge in [-0.05, 0) is 140 Å². The number of carbonyl (C=O) groups excluding carboxylic acids is 2. The Morgan fingerprint density at radius 3 is 1.49 bits per heavy atom. The normalized spacial score (nSPS) is 27.6. The standard InChI is InChI=1S/C31H50O9Si.C27H42O7Si/c1-21-12-11-13-25-26(39-31(5,6)38-25)15-14-23(40-41(9,10)30(2,3)4)16-22-17-24(35-19-33-7)18-27(36-20-34-8)28(22)29(32)37-21;1-17-10-9-11-22-23(33-27(5,6)32-22)13-12-20(34-35(7,8)26(2,3)4)15-18-14-19(28)16-21(29)24(18)25(30)31-17/h11,13,17-18,21,23,25-26H,12,14-16,19-20H2,1-10H3;9,11,14,16-17,20,22-23,28-29H,10,12-13,15H2,1-8H3/b13-11+;11-9+/t21-,23?,25+,26-;17-,20?,22+,23-/m00/s1. The first-order valence-corrected chi connectivity index (χ1v) is 32.8. The van der Waals surface area contributed by atoms with Gasteiger partial charge in [-0.3, -0.25) is 0 Å². The van der Waals surface area contributed by atoms with Gasteiger partial charge in [0.1, 0.15) is 58.5 Å². The summed E-state index contributed by atoms with van der Waals surface area (Å²) in [5.74, 6) is -2.00. The molecule has 4 aliphatic heterocycles. The van der Waals surface area contributed by atoms with Crippen LogP contribution in [0.25, 0.3) is 0 Å². The lowest BCUT2D eigenvalue weighted by atomic mass is 9.96. The highest BCUT2D eigenvalue weighted by atomic mass is 28.4. The summed E-state index contributed by atoms with van der Waals surface area (Å²) in [4.78, 5) is 26.8. The molecule has 0 amide bonds. The number of phenols is 2. The quantitative estimate of drug-likeness (QED) is 0.0990. The van der Waals surface area contributed by atoms with Crippen LogP contribution in [0.5, 0.6) is 23.0 Å². The second-order valence-corrected chi connectivity index (χ2v) is 34.2. The van der Waals surface area contributed by atoms with Crippen LogP contribution < -0.4 is 9.47 Å². The van der Waals surface area contributed by atoms with Crippen molar-refractivity contribution in [1.29, 1.82) is 0 Å². The van der Waals surface area contributed by atoms with Gasteiger partial charge in [0.05, 0.1) is 12.2 Å². The third-order valence-electron chi connectivity index (χ3n) is 15.0. The zero-order valence-electron chi connectivity index (χ0n) is 48.9. The third kappa shape index (κ3) is 17.6. The summed E-state index contributed by atoms with van der Waals surface area (Å²) in [5, 5.41) is 20.8. The Hall–Kier alpha value is -3.83. The molecule has 4 aliphatic rings. The Morgan fingerprint density at radius 1 is 0.605 bits per heavy atom. The summed E-state index contributed by atoms with van der Waals surface area (Å²) < 4.78 is 72.3. The molecule has 2 aromatic carbocycles. The molecule has 2 saturated heterocycles. The Bertz CT molecular complexity index is 2310. The number of hydrogen-bond donors (Lipinski definition) is 2. The number of hydrogen-bond acceptors (Lipinski definition) is 16. The second kappa shape index (κ2) is 26.0. The van der Waals surface area contributed by atoms with E-state index in [4.69, 9.17) is 56.2 Å². The first-order chi connectivity index (χ1) is 35.2. The van der Waals surface area contributed by atoms with Crippen LogP contribution in [0.3, 0.4) is 0 Å². The largest absolute Gasteiger partial charge is 0.508 e. The van der Waals surface area contributed by atoms with Crippen molar-refractivity contribution in [3.05, 3.63) is 70.8 Å². The van der Waals surface area contributed by atoms with Crippen LogP contribution in [-0.2, 0) is 59.6 Å². The highest BCUT2D eigenvalue weighted by Gasteiger charge is 2.45. The van der Waals surface area contributed by atoms with Crippen molar-refractivity contribution in [1.82, 2.24) is 0 Å². The molecule has 0 aliphatic carbocycles. The summed E-state index contributed by atoms with van der Waals surface area (Å²) in [7, 11) is -1.26. The van der Waals surface area contributed by atoms with E-state index < -0.39 is 46.3 Å². The van der Waals surface area contributed by atoms with Crippen molar-refractivity contribution in [3.63, 3.8) is 0 Å². The van der Waals surface area contributed by atoms with Crippen molar-refractivity contribution in [3.8, 4) is 23.0 Å². The predicted octanol–water partition coefficient (Wildman–Crippen LogP) is 12.2. The first kappa shape index (κ1) is 63.0. The van der Waals surface area contributed by atoms with Gasteiger partial charge >= 0.3 is 11.9 Å². The minimum atomic E-state index is -2.19. The fourth-order valence-electron chi connectivity index (χ4n) is 9.22. The van der Waals surface area contributed by atoms with Crippen molar-refractivity contribution < 1.29 is 76.0 Å². The maximum atomic E-state index is 13.7. The van der Waals surface area contributed by atoms with Crippen molar-refractivity contribution in [2.45, 2.75) is 231 Å². The average Bonchev–Trinajstić information content (AvgIpc) is 3.75. The molecular formula is C58H92O16Si2. The molecule has 76 heavy (non-hydrogen) atoms. The first-order valence-electron chi connectivity index (χ1n) is 27.0. The van der Waals surface area contributed by atoms with Crippen LogP contribution >= 0.6 is 0 Å². The lowest BCUT2D eigenvalue weighted by molar-refractivity contribution is -0.144. The van der Waals surface area contributed by atoms with Gasteiger partial charge in [-0.15, -0.1) is 0 Å². The highest BCUT2D eigenvalue weighted by Crippen LogP contribution is 2.43. The van der Waals surface area contributed by atoms with Crippen LogP contribution in [0.1, 0.15) is 153 Å². The summed E-state index contributed by atoms with van der Waals surface area (Å²) in [6.45, 7) is 33.5. The van der Waals surface area contributed by atoms with Gasteiger partial charge in [0, 0.05) is 51.4 Å². The lowest BCUT2D eigenvalue weighted by Crippen LogP contribution is -2.44. The van der Waals surface area contributed by atoms with Gasteiger partial charge in [0.15, 0.2) is 41.8 Å². The maximum Gasteiger partial charge on any atom is 0.342 e. The van der Waals surface area contributed by atoms with Crippen LogP contribution in [-0.4, -0.2) is 127 Å². The van der Waals surface area contributed by atoms with E-state index in [0.29, 0.717) is 67.6 Å². The van der Waals surface area contributed by atoms with Crippen LogP contribution in [0.4, 0.5) is 0 Å². The van der Waals surface area contributed by atoms with Gasteiger partial charge in [-0.2, -0.15) is 0 Å². The van der Waals surface area contributed by atoms with E-state index in [1.54, 1.807) is 13.2 Å². The molecule has 16 nitrogen and oxygen atoms in total. The molecule has 6 rings (SSSR count). The monoisotopic (exact) mass is 1100 g/mol. The molecule has 0 radical (unpaired) electrons. The van der Waals surface area contributed by atoms with E-state index >= 15 is 0 Å². The number of esters is 2. The van der Waals surface area contributed by atoms with Gasteiger partial charge in [-0.1, -0.05) is 65.8 Å². The molecule has 4 heterocycles. The molecule has 2 fully saturated rings. The predicted molar refractivity (Wildman–Crippen MR) is 296 cm³/mol. The Balaban J connectivity index is 0.000000284. The number of ether oxygens (including phenoxy) is 10. The summed E-state index contributed by atoms with van der Waals surface area (Å²) in [6, 6.07) is 6.23. The number of phenolic OH excluding ortho intramolecular Hbond substituents is 2. The number of methoxy groups -OCH3 is 2. The van der Waals surface area contributed by atoms with Crippen molar-refractivity contribution >= 4 is 28.6 Å². The smallest absolute Gasteiger partial charge is 0.342 e. The molecule has 428 valence electrons. The molecule has 0 spiro atoms. The fraction of sp³-hybridized carbons (Fsp3) is 0.690. The average molecular weight is 1100 g/mol. The van der Waals surface area contributed by atoms with E-state index in [2.05, 4.69) is 67.7 Å². The Labute approximate surface area is 455 Å². The van der Waals surface area contributed by atoms with Crippen LogP contribution in [0.2, 0.25) is 36.3 Å². The summed E-state index contributed by atoms with van der Waals surface area (Å²) >= 11 is 0. The molecule has 2 aromatic rings. The molecule has 0 saturated carbocycles. The number of rotatable bonds is 10. The van der Waals surface area contributed by atoms with E-state index in [1.807, 2.05) is 71.9 Å². The van der Waals surface area contributed by atoms with E-state index in [-0.39, 0.29) is 83.5 Å². The third-order valence-corrected chi connectivity index (χ3v) is 24.1. The Morgan fingerprint density at radius 2 is 1.04 bits per heavy atom. The lowest BCUT2D eigenvalue weighted by Gasteiger charge is -2.40. The molecule has 0 aromatic heterocycles. The SMILES string of the molecule is COCOc1cc2c(c(OCOC)c1)C(=O)O[C@@H](C)C/C=C/[C@H]1OC(C)(C)O[C@H]1CCC(O[Si](C)(C)C(C)(C)C)C2.C[C@H]1C/C=C/[C@H]2OC(C)(C)O[C@H]2CCC(O[Si](C)(C)C(C)(C)C)Cc2cc(O)cc(O)c2C(=O)O1. The molecule has 2 N–H and O–H groups in total. The van der Waals surface area contributed by atoms with Gasteiger partial charge in [0.2, 0.25) is 0 Å². The van der Waals surface area contributed by atoms with Crippen LogP contribution in [0, 0.1) is 0 Å². The topological polar surface area (TPSA) is 185 Å². The number of fused-ring (bicyclic) bond motifs is 4. The molecule has 8 atom stereocenters. The molecule has 2 unspecified atom stereocenters. The number of benzene rings is 2.